The fourth-order valence-electron chi connectivity index (χ4n) is 2.21. The molecule has 2 heterocycles. The molecule has 3 N–H and O–H groups in total. The number of oxazole rings is 1. The van der Waals surface area contributed by atoms with Gasteiger partial charge < -0.3 is 15.1 Å². The summed E-state index contributed by atoms with van der Waals surface area (Å²) in [7, 11) is 0. The van der Waals surface area contributed by atoms with E-state index in [-0.39, 0.29) is 11.9 Å². The summed E-state index contributed by atoms with van der Waals surface area (Å²) in [6, 6.07) is 3.91. The number of anilines is 1. The molecule has 0 unspecified atom stereocenters. The molecule has 1 aliphatic carbocycles. The standard InChI is InChI=1S/C16H18N6O2/c17-6-7-19-22-13-5-4-12(18-9-13)8-15-21-14(10-24-15)16(23)20-11-2-1-3-11/h4-7,9-11,17,22H,1-3,8H2,(H,20,23)/b17-6?,19-7-. The number of amides is 1. The van der Waals surface area contributed by atoms with Gasteiger partial charge in [-0.25, -0.2) is 4.98 Å². The first kappa shape index (κ1) is 15.9. The lowest BCUT2D eigenvalue weighted by Gasteiger charge is -2.25. The van der Waals surface area contributed by atoms with Crippen LogP contribution in [0.25, 0.3) is 0 Å². The number of hydrogen-bond donors (Lipinski definition) is 3. The van der Waals surface area contributed by atoms with E-state index in [1.54, 1.807) is 6.20 Å². The predicted molar refractivity (Wildman–Crippen MR) is 89.5 cm³/mol. The van der Waals surface area contributed by atoms with Crippen molar-refractivity contribution in [1.29, 1.82) is 5.41 Å². The molecule has 0 bridgehead atoms. The number of hydrazone groups is 1. The first-order valence-corrected chi connectivity index (χ1v) is 7.73. The fraction of sp³-hybridized carbons (Fsp3) is 0.312. The van der Waals surface area contributed by atoms with Crippen molar-refractivity contribution in [1.82, 2.24) is 15.3 Å². The summed E-state index contributed by atoms with van der Waals surface area (Å²) in [6.07, 6.45) is 9.05. The average Bonchev–Trinajstić information content (AvgIpc) is 3.01. The van der Waals surface area contributed by atoms with Gasteiger partial charge in [-0.2, -0.15) is 5.10 Å². The Hall–Kier alpha value is -3.03. The van der Waals surface area contributed by atoms with Crippen molar-refractivity contribution in [3.8, 4) is 0 Å². The maximum atomic E-state index is 12.0. The van der Waals surface area contributed by atoms with Gasteiger partial charge in [0.25, 0.3) is 5.91 Å². The first-order valence-electron chi connectivity index (χ1n) is 7.73. The van der Waals surface area contributed by atoms with E-state index in [1.807, 2.05) is 12.1 Å². The summed E-state index contributed by atoms with van der Waals surface area (Å²) >= 11 is 0. The normalized spacial score (nSPS) is 14.3. The van der Waals surface area contributed by atoms with Crippen LogP contribution in [-0.2, 0) is 6.42 Å². The lowest BCUT2D eigenvalue weighted by Crippen LogP contribution is -2.39. The minimum absolute atomic E-state index is 0.189. The Labute approximate surface area is 138 Å². The molecule has 0 radical (unpaired) electrons. The number of nitrogens with one attached hydrogen (secondary N) is 3. The number of rotatable bonds is 7. The van der Waals surface area contributed by atoms with Crippen molar-refractivity contribution < 1.29 is 9.21 Å². The molecule has 3 rings (SSSR count). The van der Waals surface area contributed by atoms with Gasteiger partial charge in [0.1, 0.15) is 6.26 Å². The van der Waals surface area contributed by atoms with Gasteiger partial charge in [0.2, 0.25) is 5.89 Å². The van der Waals surface area contributed by atoms with E-state index in [9.17, 15) is 4.79 Å². The molecule has 124 valence electrons. The third-order valence-electron chi connectivity index (χ3n) is 3.72. The van der Waals surface area contributed by atoms with Crippen molar-refractivity contribution in [2.75, 3.05) is 5.43 Å². The number of carbonyl (C=O) groups excluding carboxylic acids is 1. The SMILES string of the molecule is N=C/C=N\Nc1ccc(Cc2nc(C(=O)NC3CCC3)co2)nc1. The van der Waals surface area contributed by atoms with Crippen molar-refractivity contribution >= 4 is 24.0 Å². The van der Waals surface area contributed by atoms with Crippen LogP contribution in [0.3, 0.4) is 0 Å². The molecule has 0 aliphatic heterocycles. The van der Waals surface area contributed by atoms with Gasteiger partial charge in [0.05, 0.1) is 24.5 Å². The van der Waals surface area contributed by atoms with Crippen molar-refractivity contribution in [2.45, 2.75) is 31.7 Å². The Morgan fingerprint density at radius 1 is 1.46 bits per heavy atom. The molecular weight excluding hydrogens is 308 g/mol. The molecule has 0 saturated heterocycles. The van der Waals surface area contributed by atoms with Gasteiger partial charge in [-0.1, -0.05) is 0 Å². The minimum Gasteiger partial charge on any atom is -0.448 e. The quantitative estimate of drug-likeness (QED) is 0.531. The molecule has 0 aromatic carbocycles. The van der Waals surface area contributed by atoms with E-state index in [4.69, 9.17) is 9.83 Å². The van der Waals surface area contributed by atoms with Gasteiger partial charge in [-0.05, 0) is 31.4 Å². The largest absolute Gasteiger partial charge is 0.448 e. The van der Waals surface area contributed by atoms with Crippen molar-refractivity contribution in [2.24, 2.45) is 5.10 Å². The third-order valence-corrected chi connectivity index (χ3v) is 3.72. The first-order chi connectivity index (χ1) is 11.7. The molecule has 1 amide bonds. The number of nitrogens with zero attached hydrogens (tertiary/aromatic N) is 3. The molecule has 8 nitrogen and oxygen atoms in total. The second-order valence-electron chi connectivity index (χ2n) is 5.50. The zero-order chi connectivity index (χ0) is 16.8. The maximum absolute atomic E-state index is 12.0. The van der Waals surface area contributed by atoms with Gasteiger partial charge in [-0.3, -0.25) is 15.2 Å². The summed E-state index contributed by atoms with van der Waals surface area (Å²) in [5, 5.41) is 13.6. The Kier molecular flexibility index (Phi) is 4.95. The van der Waals surface area contributed by atoms with Crippen LogP contribution in [0.2, 0.25) is 0 Å². The molecule has 8 heteroatoms. The second-order valence-corrected chi connectivity index (χ2v) is 5.50. The molecule has 1 saturated carbocycles. The van der Waals surface area contributed by atoms with Gasteiger partial charge >= 0.3 is 0 Å². The van der Waals surface area contributed by atoms with Crippen LogP contribution in [0.4, 0.5) is 5.69 Å². The Balaban J connectivity index is 1.56. The molecule has 0 atom stereocenters. The highest BCUT2D eigenvalue weighted by atomic mass is 16.3. The average molecular weight is 326 g/mol. The Morgan fingerprint density at radius 3 is 3.00 bits per heavy atom. The Bertz CT molecular complexity index is 733. The number of pyridine rings is 1. The van der Waals surface area contributed by atoms with Crippen LogP contribution in [0.15, 0.2) is 34.1 Å². The summed E-state index contributed by atoms with van der Waals surface area (Å²) in [4.78, 5) is 20.5. The lowest BCUT2D eigenvalue weighted by molar-refractivity contribution is 0.0912. The van der Waals surface area contributed by atoms with Crippen LogP contribution in [-0.4, -0.2) is 34.3 Å². The van der Waals surface area contributed by atoms with Gasteiger partial charge in [0, 0.05) is 18.0 Å². The van der Waals surface area contributed by atoms with E-state index >= 15 is 0 Å². The highest BCUT2D eigenvalue weighted by Gasteiger charge is 2.21. The van der Waals surface area contributed by atoms with Crippen LogP contribution in [0.1, 0.15) is 41.3 Å². The van der Waals surface area contributed by atoms with Crippen LogP contribution >= 0.6 is 0 Å². The monoisotopic (exact) mass is 326 g/mol. The zero-order valence-corrected chi connectivity index (χ0v) is 13.0. The van der Waals surface area contributed by atoms with E-state index in [2.05, 4.69) is 25.8 Å². The van der Waals surface area contributed by atoms with Gasteiger partial charge in [0.15, 0.2) is 5.69 Å². The Morgan fingerprint density at radius 2 is 2.33 bits per heavy atom. The number of aromatic nitrogens is 2. The van der Waals surface area contributed by atoms with E-state index in [0.29, 0.717) is 23.7 Å². The molecule has 24 heavy (non-hydrogen) atoms. The van der Waals surface area contributed by atoms with E-state index < -0.39 is 0 Å². The van der Waals surface area contributed by atoms with E-state index in [0.717, 1.165) is 31.2 Å². The fourth-order valence-corrected chi connectivity index (χ4v) is 2.21. The molecular formula is C16H18N6O2. The smallest absolute Gasteiger partial charge is 0.273 e. The second kappa shape index (κ2) is 7.49. The number of carbonyl (C=O) groups is 1. The predicted octanol–water partition coefficient (Wildman–Crippen LogP) is 1.99. The van der Waals surface area contributed by atoms with Crippen molar-refractivity contribution in [3.05, 3.63) is 41.9 Å². The van der Waals surface area contributed by atoms with Gasteiger partial charge in [-0.15, -0.1) is 0 Å². The summed E-state index contributed by atoms with van der Waals surface area (Å²) < 4.78 is 5.36. The molecule has 1 aliphatic rings. The van der Waals surface area contributed by atoms with Crippen LogP contribution in [0, 0.1) is 5.41 Å². The highest BCUT2D eigenvalue weighted by molar-refractivity contribution is 6.14. The summed E-state index contributed by atoms with van der Waals surface area (Å²) in [5.41, 5.74) is 4.53. The third kappa shape index (κ3) is 4.03. The van der Waals surface area contributed by atoms with Crippen molar-refractivity contribution in [3.63, 3.8) is 0 Å². The van der Waals surface area contributed by atoms with E-state index in [1.165, 1.54) is 12.5 Å². The summed E-state index contributed by atoms with van der Waals surface area (Å²) in [6.45, 7) is 0. The lowest BCUT2D eigenvalue weighted by atomic mass is 9.93. The highest BCUT2D eigenvalue weighted by Crippen LogP contribution is 2.18. The maximum Gasteiger partial charge on any atom is 0.273 e. The summed E-state index contributed by atoms with van der Waals surface area (Å²) in [5.74, 6) is 0.259. The molecule has 1 fully saturated rings. The molecule has 2 aromatic rings. The minimum atomic E-state index is -0.189. The number of hydrogen-bond acceptors (Lipinski definition) is 7. The zero-order valence-electron chi connectivity index (χ0n) is 13.0. The van der Waals surface area contributed by atoms with Crippen LogP contribution < -0.4 is 10.7 Å². The topological polar surface area (TPSA) is 116 Å². The van der Waals surface area contributed by atoms with Crippen LogP contribution in [0.5, 0.6) is 0 Å². The molecule has 2 aromatic heterocycles. The molecule has 0 spiro atoms.